The van der Waals surface area contributed by atoms with E-state index in [0.717, 1.165) is 15.7 Å². The number of halogens is 2. The summed E-state index contributed by atoms with van der Waals surface area (Å²) in [5, 5.41) is 12.2. The van der Waals surface area contributed by atoms with Gasteiger partial charge in [0.2, 0.25) is 0 Å². The van der Waals surface area contributed by atoms with Crippen molar-refractivity contribution in [1.29, 1.82) is 5.26 Å². The fourth-order valence-corrected chi connectivity index (χ4v) is 2.17. The van der Waals surface area contributed by atoms with Crippen LogP contribution in [0.25, 0.3) is 0 Å². The molecular weight excluding hydrogens is 307 g/mol. The number of hydrogen-bond acceptors (Lipinski definition) is 2. The van der Waals surface area contributed by atoms with Crippen molar-refractivity contribution in [3.8, 4) is 6.07 Å². The van der Waals surface area contributed by atoms with Crippen molar-refractivity contribution >= 4 is 21.6 Å². The maximum atomic E-state index is 13.2. The lowest BCUT2D eigenvalue weighted by Gasteiger charge is -2.11. The van der Waals surface area contributed by atoms with Crippen LogP contribution < -0.4 is 5.32 Å². The summed E-state index contributed by atoms with van der Waals surface area (Å²) >= 11 is 3.46. The molecule has 0 aliphatic heterocycles. The fourth-order valence-electron chi connectivity index (χ4n) is 1.81. The minimum Gasteiger partial charge on any atom is -0.381 e. The third-order valence-corrected chi connectivity index (χ3v) is 3.78. The predicted molar refractivity (Wildman–Crippen MR) is 77.3 cm³/mol. The molecule has 0 saturated carbocycles. The lowest BCUT2D eigenvalue weighted by atomic mass is 10.1. The Morgan fingerprint density at radius 1 is 1.32 bits per heavy atom. The Hall–Kier alpha value is -1.86. The molecule has 4 heteroatoms. The van der Waals surface area contributed by atoms with Gasteiger partial charge in [0.05, 0.1) is 11.6 Å². The Morgan fingerprint density at radius 3 is 2.84 bits per heavy atom. The zero-order chi connectivity index (χ0) is 13.8. The van der Waals surface area contributed by atoms with Crippen LogP contribution in [0.5, 0.6) is 0 Å². The van der Waals surface area contributed by atoms with E-state index in [1.54, 1.807) is 0 Å². The van der Waals surface area contributed by atoms with E-state index in [-0.39, 0.29) is 5.82 Å². The van der Waals surface area contributed by atoms with Gasteiger partial charge >= 0.3 is 0 Å². The van der Waals surface area contributed by atoms with Gasteiger partial charge in [0, 0.05) is 16.7 Å². The zero-order valence-corrected chi connectivity index (χ0v) is 12.0. The van der Waals surface area contributed by atoms with E-state index in [2.05, 4.69) is 27.3 Å². The van der Waals surface area contributed by atoms with Gasteiger partial charge in [0.1, 0.15) is 5.82 Å². The first-order valence-corrected chi connectivity index (χ1v) is 6.58. The van der Waals surface area contributed by atoms with Crippen LogP contribution in [-0.2, 0) is 6.54 Å². The Balaban J connectivity index is 2.21. The van der Waals surface area contributed by atoms with Crippen LogP contribution >= 0.6 is 15.9 Å². The highest BCUT2D eigenvalue weighted by Gasteiger charge is 2.05. The van der Waals surface area contributed by atoms with Gasteiger partial charge in [0.25, 0.3) is 0 Å². The Morgan fingerprint density at radius 2 is 2.11 bits per heavy atom. The quantitative estimate of drug-likeness (QED) is 0.911. The molecule has 2 nitrogen and oxygen atoms in total. The number of nitrogens with one attached hydrogen (secondary N) is 1. The molecule has 96 valence electrons. The average molecular weight is 319 g/mol. The predicted octanol–water partition coefficient (Wildman–Crippen LogP) is 4.38. The van der Waals surface area contributed by atoms with Gasteiger partial charge < -0.3 is 5.32 Å². The second kappa shape index (κ2) is 5.85. The van der Waals surface area contributed by atoms with Crippen LogP contribution in [0.1, 0.15) is 16.7 Å². The Bertz CT molecular complexity index is 647. The summed E-state index contributed by atoms with van der Waals surface area (Å²) < 4.78 is 14.2. The Kier molecular flexibility index (Phi) is 4.18. The molecule has 0 fully saturated rings. The molecule has 0 bridgehead atoms. The molecule has 0 aliphatic rings. The summed E-state index contributed by atoms with van der Waals surface area (Å²) in [5.41, 5.74) is 3.18. The topological polar surface area (TPSA) is 35.8 Å². The molecule has 0 aliphatic carbocycles. The minimum atomic E-state index is -0.332. The smallest absolute Gasteiger partial charge is 0.123 e. The lowest BCUT2D eigenvalue weighted by Crippen LogP contribution is -2.03. The number of anilines is 1. The van der Waals surface area contributed by atoms with Crippen LogP contribution in [0.15, 0.2) is 40.9 Å². The molecular formula is C15H12BrFN2. The molecule has 0 aromatic heterocycles. The van der Waals surface area contributed by atoms with Crippen molar-refractivity contribution in [3.05, 3.63) is 63.4 Å². The van der Waals surface area contributed by atoms with E-state index in [9.17, 15) is 4.39 Å². The van der Waals surface area contributed by atoms with Crippen molar-refractivity contribution in [2.75, 3.05) is 5.32 Å². The number of benzene rings is 2. The summed E-state index contributed by atoms with van der Waals surface area (Å²) in [4.78, 5) is 0. The molecule has 0 radical (unpaired) electrons. The highest BCUT2D eigenvalue weighted by atomic mass is 79.9. The number of nitriles is 1. The van der Waals surface area contributed by atoms with Crippen molar-refractivity contribution in [2.45, 2.75) is 13.5 Å². The standard InChI is InChI=1S/C15H12BrFN2/c1-10-14(16)3-2-4-15(10)19-9-12-7-13(17)6-5-11(12)8-18/h2-7,19H,9H2,1H3. The van der Waals surface area contributed by atoms with E-state index < -0.39 is 0 Å². The summed E-state index contributed by atoms with van der Waals surface area (Å²) in [6.45, 7) is 2.40. The molecule has 0 heterocycles. The van der Waals surface area contributed by atoms with Crippen molar-refractivity contribution in [2.24, 2.45) is 0 Å². The minimum absolute atomic E-state index is 0.332. The van der Waals surface area contributed by atoms with Crippen LogP contribution in [0.4, 0.5) is 10.1 Å². The van der Waals surface area contributed by atoms with Crippen molar-refractivity contribution < 1.29 is 4.39 Å². The summed E-state index contributed by atoms with van der Waals surface area (Å²) in [5.74, 6) is -0.332. The molecule has 2 rings (SSSR count). The zero-order valence-electron chi connectivity index (χ0n) is 10.4. The highest BCUT2D eigenvalue weighted by Crippen LogP contribution is 2.24. The Labute approximate surface area is 120 Å². The van der Waals surface area contributed by atoms with Crippen molar-refractivity contribution in [3.63, 3.8) is 0 Å². The van der Waals surface area contributed by atoms with Crippen LogP contribution in [0.2, 0.25) is 0 Å². The van der Waals surface area contributed by atoms with Gasteiger partial charge in [-0.15, -0.1) is 0 Å². The highest BCUT2D eigenvalue weighted by molar-refractivity contribution is 9.10. The van der Waals surface area contributed by atoms with Gasteiger partial charge in [-0.2, -0.15) is 5.26 Å². The normalized spacial score (nSPS) is 10.0. The van der Waals surface area contributed by atoms with Crippen LogP contribution in [-0.4, -0.2) is 0 Å². The van der Waals surface area contributed by atoms with E-state index in [1.165, 1.54) is 18.2 Å². The van der Waals surface area contributed by atoms with E-state index in [4.69, 9.17) is 5.26 Å². The first kappa shape index (κ1) is 13.6. The maximum absolute atomic E-state index is 13.2. The first-order chi connectivity index (χ1) is 9.11. The van der Waals surface area contributed by atoms with Gasteiger partial charge in [-0.25, -0.2) is 4.39 Å². The largest absolute Gasteiger partial charge is 0.381 e. The molecule has 0 atom stereocenters. The molecule has 2 aromatic carbocycles. The number of hydrogen-bond donors (Lipinski definition) is 1. The van der Waals surface area contributed by atoms with Crippen LogP contribution in [0, 0.1) is 24.1 Å². The molecule has 19 heavy (non-hydrogen) atoms. The van der Waals surface area contributed by atoms with E-state index >= 15 is 0 Å². The van der Waals surface area contributed by atoms with E-state index in [0.29, 0.717) is 17.7 Å². The number of rotatable bonds is 3. The van der Waals surface area contributed by atoms with Crippen molar-refractivity contribution in [1.82, 2.24) is 0 Å². The molecule has 0 saturated heterocycles. The van der Waals surface area contributed by atoms with Gasteiger partial charge in [-0.1, -0.05) is 22.0 Å². The van der Waals surface area contributed by atoms with Gasteiger partial charge in [0.15, 0.2) is 0 Å². The molecule has 1 N–H and O–H groups in total. The third-order valence-electron chi connectivity index (χ3n) is 2.92. The second-order valence-electron chi connectivity index (χ2n) is 4.18. The number of nitrogens with zero attached hydrogens (tertiary/aromatic N) is 1. The maximum Gasteiger partial charge on any atom is 0.123 e. The van der Waals surface area contributed by atoms with Gasteiger partial charge in [-0.05, 0) is 48.4 Å². The molecule has 0 amide bonds. The van der Waals surface area contributed by atoms with Crippen LogP contribution in [0.3, 0.4) is 0 Å². The second-order valence-corrected chi connectivity index (χ2v) is 5.03. The summed E-state index contributed by atoms with van der Waals surface area (Å²) in [7, 11) is 0. The molecule has 0 spiro atoms. The summed E-state index contributed by atoms with van der Waals surface area (Å²) in [6, 6.07) is 12.1. The SMILES string of the molecule is Cc1c(Br)cccc1NCc1cc(F)ccc1C#N. The molecule has 2 aromatic rings. The summed E-state index contributed by atoms with van der Waals surface area (Å²) in [6.07, 6.45) is 0. The lowest BCUT2D eigenvalue weighted by molar-refractivity contribution is 0.625. The fraction of sp³-hybridized carbons (Fsp3) is 0.133. The molecule has 0 unspecified atom stereocenters. The van der Waals surface area contributed by atoms with Gasteiger partial charge in [-0.3, -0.25) is 0 Å². The first-order valence-electron chi connectivity index (χ1n) is 5.79. The average Bonchev–Trinajstić information content (AvgIpc) is 2.40. The third kappa shape index (κ3) is 3.12. The monoisotopic (exact) mass is 318 g/mol. The van der Waals surface area contributed by atoms with E-state index in [1.807, 2.05) is 25.1 Å².